The minimum absolute atomic E-state index is 0.174. The summed E-state index contributed by atoms with van der Waals surface area (Å²) in [4.78, 5) is 12.1. The molecule has 0 spiro atoms. The van der Waals surface area contributed by atoms with Crippen LogP contribution in [0, 0.1) is 0 Å². The summed E-state index contributed by atoms with van der Waals surface area (Å²) >= 11 is 5.80. The third-order valence-corrected chi connectivity index (χ3v) is 3.59. The van der Waals surface area contributed by atoms with E-state index in [0.29, 0.717) is 5.02 Å². The molecule has 0 aliphatic carbocycles. The van der Waals surface area contributed by atoms with Crippen LogP contribution in [0.15, 0.2) is 24.3 Å². The number of rotatable bonds is 4. The average Bonchev–Trinajstić information content (AvgIpc) is 2.51. The van der Waals surface area contributed by atoms with E-state index < -0.39 is 43.3 Å². The Hall–Kier alpha value is -1.22. The van der Waals surface area contributed by atoms with E-state index in [4.69, 9.17) is 25.8 Å². The summed E-state index contributed by atoms with van der Waals surface area (Å²) in [6.45, 7) is -0.515. The number of hydrogen-bond acceptors (Lipinski definition) is 7. The maximum Gasteiger partial charge on any atom is 0.338 e. The fourth-order valence-electron chi connectivity index (χ4n) is 2.19. The predicted octanol–water partition coefficient (Wildman–Crippen LogP) is -0.0492. The van der Waals surface area contributed by atoms with E-state index >= 15 is 0 Å². The minimum Gasteiger partial charge on any atom is -0.453 e. The summed E-state index contributed by atoms with van der Waals surface area (Å²) in [6.07, 6.45) is -6.26. The van der Waals surface area contributed by atoms with E-state index in [1.54, 1.807) is 12.1 Å². The van der Waals surface area contributed by atoms with Gasteiger partial charge in [0.25, 0.3) is 0 Å². The van der Waals surface area contributed by atoms with Crippen molar-refractivity contribution in [2.75, 3.05) is 13.7 Å². The number of methoxy groups -OCH3 is 1. The molecule has 1 aromatic rings. The highest BCUT2D eigenvalue weighted by atomic mass is 35.5. The van der Waals surface area contributed by atoms with Crippen molar-refractivity contribution in [1.82, 2.24) is 0 Å². The summed E-state index contributed by atoms with van der Waals surface area (Å²) in [6, 6.07) is 6.06. The Bertz CT molecular complexity index is 508. The maximum absolute atomic E-state index is 12.1. The first-order valence-corrected chi connectivity index (χ1v) is 6.97. The van der Waals surface area contributed by atoms with Crippen molar-refractivity contribution < 1.29 is 34.3 Å². The summed E-state index contributed by atoms with van der Waals surface area (Å²) in [7, 11) is 1.29. The molecule has 1 aromatic carbocycles. The zero-order chi connectivity index (χ0) is 16.3. The van der Waals surface area contributed by atoms with Crippen molar-refractivity contribution in [2.45, 2.75) is 30.7 Å². The number of ether oxygens (including phenoxy) is 3. The first-order chi connectivity index (χ1) is 10.5. The van der Waals surface area contributed by atoms with Crippen molar-refractivity contribution in [3.8, 4) is 0 Å². The molecule has 0 aromatic heterocycles. The molecule has 5 atom stereocenters. The number of benzene rings is 1. The van der Waals surface area contributed by atoms with Crippen LogP contribution in [0.2, 0.25) is 5.02 Å². The highest BCUT2D eigenvalue weighted by Crippen LogP contribution is 2.25. The lowest BCUT2D eigenvalue weighted by atomic mass is 9.99. The van der Waals surface area contributed by atoms with Gasteiger partial charge in [0.2, 0.25) is 0 Å². The molecular weight excluding hydrogens is 316 g/mol. The van der Waals surface area contributed by atoms with Gasteiger partial charge in [-0.3, -0.25) is 0 Å². The van der Waals surface area contributed by atoms with E-state index in [1.165, 1.54) is 19.2 Å². The largest absolute Gasteiger partial charge is 0.453 e. The molecule has 122 valence electrons. The summed E-state index contributed by atoms with van der Waals surface area (Å²) < 4.78 is 15.2. The Kier molecular flexibility index (Phi) is 5.74. The van der Waals surface area contributed by atoms with Gasteiger partial charge in [-0.25, -0.2) is 4.79 Å². The molecule has 0 unspecified atom stereocenters. The Balaban J connectivity index is 2.16. The zero-order valence-corrected chi connectivity index (χ0v) is 12.5. The number of carbonyl (C=O) groups is 1. The lowest BCUT2D eigenvalue weighted by molar-refractivity contribution is -0.293. The van der Waals surface area contributed by atoms with Crippen molar-refractivity contribution in [3.05, 3.63) is 34.9 Å². The summed E-state index contributed by atoms with van der Waals surface area (Å²) in [5, 5.41) is 29.7. The number of halogens is 1. The fraction of sp³-hybridized carbons (Fsp3) is 0.500. The van der Waals surface area contributed by atoms with Crippen LogP contribution in [0.1, 0.15) is 10.4 Å². The van der Waals surface area contributed by atoms with Gasteiger partial charge in [0, 0.05) is 12.1 Å². The molecule has 2 rings (SSSR count). The standard InChI is InChI=1S/C14H17ClO7/c1-20-14-11(18)12(10(17)9(6-16)21-14)22-13(19)7-3-2-4-8(15)5-7/h2-5,9-12,14,16-18H,6H2,1H3/t9-,10-,11-,12+,14+/m1/s1. The van der Waals surface area contributed by atoms with Crippen LogP contribution in [0.25, 0.3) is 0 Å². The molecule has 7 nitrogen and oxygen atoms in total. The second kappa shape index (κ2) is 7.36. The van der Waals surface area contributed by atoms with Crippen LogP contribution < -0.4 is 0 Å². The average molecular weight is 333 g/mol. The number of hydrogen-bond donors (Lipinski definition) is 3. The van der Waals surface area contributed by atoms with Crippen molar-refractivity contribution in [3.63, 3.8) is 0 Å². The molecule has 1 fully saturated rings. The number of aliphatic hydroxyl groups excluding tert-OH is 3. The second-order valence-electron chi connectivity index (χ2n) is 4.82. The maximum atomic E-state index is 12.1. The monoisotopic (exact) mass is 332 g/mol. The van der Waals surface area contributed by atoms with Gasteiger partial charge in [0.1, 0.15) is 18.3 Å². The molecular formula is C14H17ClO7. The summed E-state index contributed by atoms with van der Waals surface area (Å²) in [5.74, 6) is -0.765. The molecule has 0 saturated carbocycles. The lowest BCUT2D eigenvalue weighted by Crippen LogP contribution is -2.60. The smallest absolute Gasteiger partial charge is 0.338 e. The molecule has 1 heterocycles. The van der Waals surface area contributed by atoms with Crippen LogP contribution in [0.4, 0.5) is 0 Å². The third-order valence-electron chi connectivity index (χ3n) is 3.36. The van der Waals surface area contributed by atoms with E-state index in [1.807, 2.05) is 0 Å². The van der Waals surface area contributed by atoms with E-state index in [9.17, 15) is 20.1 Å². The molecule has 0 amide bonds. The highest BCUT2D eigenvalue weighted by molar-refractivity contribution is 6.30. The van der Waals surface area contributed by atoms with Gasteiger partial charge in [-0.05, 0) is 18.2 Å². The van der Waals surface area contributed by atoms with E-state index in [0.717, 1.165) is 0 Å². The molecule has 1 saturated heterocycles. The Morgan fingerprint density at radius 3 is 2.68 bits per heavy atom. The molecule has 8 heteroatoms. The van der Waals surface area contributed by atoms with E-state index in [2.05, 4.69) is 0 Å². The van der Waals surface area contributed by atoms with Crippen LogP contribution in [0.5, 0.6) is 0 Å². The molecule has 0 radical (unpaired) electrons. The Morgan fingerprint density at radius 1 is 1.36 bits per heavy atom. The topological polar surface area (TPSA) is 105 Å². The fourth-order valence-corrected chi connectivity index (χ4v) is 2.38. The van der Waals surface area contributed by atoms with Crippen molar-refractivity contribution in [1.29, 1.82) is 0 Å². The number of esters is 1. The zero-order valence-electron chi connectivity index (χ0n) is 11.8. The van der Waals surface area contributed by atoms with Gasteiger partial charge in [-0.1, -0.05) is 17.7 Å². The van der Waals surface area contributed by atoms with Crippen LogP contribution in [-0.2, 0) is 14.2 Å². The number of carbonyl (C=O) groups excluding carboxylic acids is 1. The van der Waals surface area contributed by atoms with Gasteiger partial charge in [0.05, 0.1) is 12.2 Å². The van der Waals surface area contributed by atoms with Gasteiger partial charge in [-0.2, -0.15) is 0 Å². The van der Waals surface area contributed by atoms with Gasteiger partial charge in [0.15, 0.2) is 12.4 Å². The van der Waals surface area contributed by atoms with Gasteiger partial charge < -0.3 is 29.5 Å². The van der Waals surface area contributed by atoms with Crippen molar-refractivity contribution in [2.24, 2.45) is 0 Å². The molecule has 0 bridgehead atoms. The van der Waals surface area contributed by atoms with Crippen LogP contribution >= 0.6 is 11.6 Å². The molecule has 1 aliphatic rings. The normalized spacial score (nSPS) is 31.8. The van der Waals surface area contributed by atoms with E-state index in [-0.39, 0.29) is 5.56 Å². The lowest BCUT2D eigenvalue weighted by Gasteiger charge is -2.40. The minimum atomic E-state index is -1.40. The first-order valence-electron chi connectivity index (χ1n) is 6.59. The molecule has 22 heavy (non-hydrogen) atoms. The van der Waals surface area contributed by atoms with Crippen molar-refractivity contribution >= 4 is 17.6 Å². The highest BCUT2D eigenvalue weighted by Gasteiger charge is 2.46. The van der Waals surface area contributed by atoms with Crippen LogP contribution in [-0.4, -0.2) is 65.7 Å². The Morgan fingerprint density at radius 2 is 2.09 bits per heavy atom. The third kappa shape index (κ3) is 3.57. The SMILES string of the molecule is CO[C@H]1O[C@H](CO)[C@@H](O)[C@H](OC(=O)c2cccc(Cl)c2)[C@H]1O. The Labute approximate surface area is 132 Å². The van der Waals surface area contributed by atoms with Gasteiger partial charge in [-0.15, -0.1) is 0 Å². The quantitative estimate of drug-likeness (QED) is 0.664. The molecule has 1 aliphatic heterocycles. The van der Waals surface area contributed by atoms with Crippen LogP contribution in [0.3, 0.4) is 0 Å². The van der Waals surface area contributed by atoms with Gasteiger partial charge >= 0.3 is 5.97 Å². The number of aliphatic hydroxyl groups is 3. The summed E-state index contributed by atoms with van der Waals surface area (Å²) in [5.41, 5.74) is 0.174. The molecule has 3 N–H and O–H groups in total. The second-order valence-corrected chi connectivity index (χ2v) is 5.26. The first kappa shape index (κ1) is 17.1. The predicted molar refractivity (Wildman–Crippen MR) is 75.4 cm³/mol.